The Bertz CT molecular complexity index is 1550. The number of hydrogen-bond acceptors (Lipinski definition) is 9. The van der Waals surface area contributed by atoms with Gasteiger partial charge in [0.2, 0.25) is 29.6 Å². The first kappa shape index (κ1) is 39.7. The number of benzene rings is 2. The third-order valence-electron chi connectivity index (χ3n) is 9.54. The summed E-state index contributed by atoms with van der Waals surface area (Å²) in [6, 6.07) is 14.6. The van der Waals surface area contributed by atoms with Crippen molar-refractivity contribution < 1.29 is 29.1 Å². The van der Waals surface area contributed by atoms with Crippen molar-refractivity contribution in [2.45, 2.75) is 87.5 Å². The van der Waals surface area contributed by atoms with Crippen LogP contribution in [0.15, 0.2) is 65.7 Å². The van der Waals surface area contributed by atoms with Gasteiger partial charge in [0, 0.05) is 26.1 Å². The van der Waals surface area contributed by atoms with Crippen molar-refractivity contribution in [3.05, 3.63) is 71.8 Å². The number of aliphatic carboxylic acids is 1. The average molecular weight is 721 g/mol. The number of carboxylic acid groups (broad SMARTS) is 1. The molecule has 4 rings (SSSR count). The van der Waals surface area contributed by atoms with Crippen LogP contribution in [-0.4, -0.2) is 94.9 Å². The molecule has 1 aliphatic carbocycles. The molecule has 1 aliphatic heterocycles. The number of aliphatic imine (C=N–C) groups is 1. The number of rotatable bonds is 18. The highest BCUT2D eigenvalue weighted by Crippen LogP contribution is 2.33. The Balaban J connectivity index is 1.49. The van der Waals surface area contributed by atoms with Crippen molar-refractivity contribution in [3.8, 4) is 0 Å². The SMILES string of the molecule is NNC(N)=NCCC[C@@H](NC(=O)[C@@H](CC1CC1)NC(=O)[C@@H](Cc1ccccc1)NC(=O)[C@H](N)Cc1ccccc1)C(=O)N1CCC(N)(C(=O)O)CC1. The molecule has 0 bridgehead atoms. The third-order valence-corrected chi connectivity index (χ3v) is 9.54. The lowest BCUT2D eigenvalue weighted by Gasteiger charge is -2.38. The lowest BCUT2D eigenvalue weighted by molar-refractivity contribution is -0.148. The third kappa shape index (κ3) is 12.0. The van der Waals surface area contributed by atoms with Gasteiger partial charge in [-0.25, -0.2) is 5.84 Å². The van der Waals surface area contributed by atoms with Gasteiger partial charge in [-0.2, -0.15) is 0 Å². The van der Waals surface area contributed by atoms with Crippen molar-refractivity contribution in [1.29, 1.82) is 0 Å². The summed E-state index contributed by atoms with van der Waals surface area (Å²) in [5, 5.41) is 18.1. The number of nitrogens with one attached hydrogen (secondary N) is 4. The van der Waals surface area contributed by atoms with E-state index in [1.54, 1.807) is 0 Å². The zero-order valence-electron chi connectivity index (χ0n) is 29.3. The van der Waals surface area contributed by atoms with Crippen LogP contribution in [0.4, 0.5) is 0 Å². The van der Waals surface area contributed by atoms with Crippen LogP contribution in [0.1, 0.15) is 56.1 Å². The van der Waals surface area contributed by atoms with Crippen LogP contribution < -0.4 is 44.4 Å². The van der Waals surface area contributed by atoms with Crippen LogP contribution in [0.3, 0.4) is 0 Å². The molecule has 2 aliphatic rings. The van der Waals surface area contributed by atoms with Crippen molar-refractivity contribution in [2.75, 3.05) is 19.6 Å². The van der Waals surface area contributed by atoms with Crippen molar-refractivity contribution >= 4 is 35.6 Å². The Kier molecular flexibility index (Phi) is 14.5. The van der Waals surface area contributed by atoms with E-state index in [2.05, 4.69) is 26.4 Å². The van der Waals surface area contributed by atoms with Crippen LogP contribution in [-0.2, 0) is 36.8 Å². The normalized spacial score (nSPS) is 17.9. The fourth-order valence-corrected chi connectivity index (χ4v) is 6.12. The minimum atomic E-state index is -1.44. The van der Waals surface area contributed by atoms with Gasteiger partial charge in [-0.1, -0.05) is 73.5 Å². The van der Waals surface area contributed by atoms with Gasteiger partial charge in [-0.15, -0.1) is 0 Å². The number of hydrazine groups is 1. The van der Waals surface area contributed by atoms with Gasteiger partial charge in [0.05, 0.1) is 6.04 Å². The molecular weight excluding hydrogens is 668 g/mol. The summed E-state index contributed by atoms with van der Waals surface area (Å²) in [6.07, 6.45) is 3.23. The highest BCUT2D eigenvalue weighted by molar-refractivity contribution is 5.95. The minimum Gasteiger partial charge on any atom is -0.480 e. The molecule has 16 nitrogen and oxygen atoms in total. The van der Waals surface area contributed by atoms with Crippen molar-refractivity contribution in [3.63, 3.8) is 0 Å². The first-order chi connectivity index (χ1) is 24.9. The lowest BCUT2D eigenvalue weighted by atomic mass is 9.88. The predicted molar refractivity (Wildman–Crippen MR) is 195 cm³/mol. The number of carbonyl (C=O) groups excluding carboxylic acids is 4. The maximum absolute atomic E-state index is 14.0. The number of amides is 4. The maximum atomic E-state index is 14.0. The van der Waals surface area contributed by atoms with Crippen LogP contribution in [0.5, 0.6) is 0 Å². The maximum Gasteiger partial charge on any atom is 0.323 e. The molecule has 1 heterocycles. The van der Waals surface area contributed by atoms with Gasteiger partial charge < -0.3 is 43.2 Å². The van der Waals surface area contributed by atoms with Crippen LogP contribution in [0.25, 0.3) is 0 Å². The number of guanidine groups is 1. The van der Waals surface area contributed by atoms with Crippen LogP contribution in [0, 0.1) is 5.92 Å². The van der Waals surface area contributed by atoms with Gasteiger partial charge in [0.1, 0.15) is 23.7 Å². The smallest absolute Gasteiger partial charge is 0.323 e. The van der Waals surface area contributed by atoms with E-state index in [0.717, 1.165) is 24.0 Å². The molecular formula is C36H52N10O6. The summed E-state index contributed by atoms with van der Waals surface area (Å²) in [7, 11) is 0. The predicted octanol–water partition coefficient (Wildman–Crippen LogP) is -0.984. The Morgan fingerprint density at radius 2 is 1.37 bits per heavy atom. The highest BCUT2D eigenvalue weighted by Gasteiger charge is 2.41. The summed E-state index contributed by atoms with van der Waals surface area (Å²) in [5.74, 6) is 2.37. The molecule has 4 amide bonds. The largest absolute Gasteiger partial charge is 0.480 e. The molecule has 0 aromatic heterocycles. The number of carboxylic acids is 1. The Morgan fingerprint density at radius 1 is 0.827 bits per heavy atom. The zero-order chi connectivity index (χ0) is 37.7. The second-order valence-electron chi connectivity index (χ2n) is 13.7. The lowest BCUT2D eigenvalue weighted by Crippen LogP contribution is -2.60. The van der Waals surface area contributed by atoms with Crippen LogP contribution >= 0.6 is 0 Å². The first-order valence-electron chi connectivity index (χ1n) is 17.7. The van der Waals surface area contributed by atoms with Gasteiger partial charge >= 0.3 is 5.97 Å². The number of hydrogen-bond donors (Lipinski definition) is 9. The molecule has 1 saturated heterocycles. The summed E-state index contributed by atoms with van der Waals surface area (Å²) in [6.45, 7) is 0.424. The number of piperidine rings is 1. The van der Waals surface area contributed by atoms with Gasteiger partial charge in [0.25, 0.3) is 0 Å². The van der Waals surface area contributed by atoms with E-state index < -0.39 is 59.3 Å². The Hall–Kier alpha value is -5.06. The fraction of sp³-hybridized carbons (Fsp3) is 0.500. The van der Waals surface area contributed by atoms with E-state index in [1.807, 2.05) is 60.7 Å². The molecule has 2 aromatic carbocycles. The van der Waals surface area contributed by atoms with Gasteiger partial charge in [-0.3, -0.25) is 34.4 Å². The number of carbonyl (C=O) groups is 5. The Labute approximate surface area is 303 Å². The topological polar surface area (TPSA) is 273 Å². The van der Waals surface area contributed by atoms with E-state index in [0.29, 0.717) is 12.8 Å². The minimum absolute atomic E-state index is 0.0151. The van der Waals surface area contributed by atoms with Gasteiger partial charge in [-0.05, 0) is 55.6 Å². The van der Waals surface area contributed by atoms with Crippen molar-refractivity contribution in [2.24, 2.45) is 34.0 Å². The molecule has 2 aromatic rings. The zero-order valence-corrected chi connectivity index (χ0v) is 29.3. The summed E-state index contributed by atoms with van der Waals surface area (Å²) < 4.78 is 0. The molecule has 16 heteroatoms. The fourth-order valence-electron chi connectivity index (χ4n) is 6.12. The standard InChI is InChI=1S/C36H52N10O6/c37-26(20-23-8-3-1-4-9-23)30(47)43-28(21-24-10-5-2-6-11-24)32(49)44-29(22-25-13-14-25)31(48)42-27(12-7-17-41-35(38)45-40)33(50)46-18-15-36(39,16-19-46)34(51)52/h1-6,8-11,25-29H,7,12-22,37,39-40H2,(H,42,48)(H,43,47)(H,44,49)(H,51,52)(H3,38,41,45)/t26-,27-,28-,29-/m1/s1. The van der Waals surface area contributed by atoms with Crippen LogP contribution in [0.2, 0.25) is 0 Å². The second-order valence-corrected chi connectivity index (χ2v) is 13.7. The number of likely N-dealkylation sites (tertiary alicyclic amines) is 1. The van der Waals surface area contributed by atoms with Gasteiger partial charge in [0.15, 0.2) is 0 Å². The molecule has 0 spiro atoms. The molecule has 2 fully saturated rings. The molecule has 282 valence electrons. The molecule has 1 saturated carbocycles. The van der Waals surface area contributed by atoms with E-state index >= 15 is 0 Å². The first-order valence-corrected chi connectivity index (χ1v) is 17.7. The van der Waals surface area contributed by atoms with E-state index in [-0.39, 0.29) is 63.6 Å². The van der Waals surface area contributed by atoms with Crippen molar-refractivity contribution in [1.82, 2.24) is 26.3 Å². The monoisotopic (exact) mass is 720 g/mol. The molecule has 52 heavy (non-hydrogen) atoms. The quantitative estimate of drug-likeness (QED) is 0.0297. The van der Waals surface area contributed by atoms with E-state index in [4.69, 9.17) is 23.0 Å². The highest BCUT2D eigenvalue weighted by atomic mass is 16.4. The summed E-state index contributed by atoms with van der Waals surface area (Å²) in [4.78, 5) is 72.2. The molecule has 0 unspecified atom stereocenters. The molecule has 4 atom stereocenters. The second kappa shape index (κ2) is 19.0. The average Bonchev–Trinajstić information content (AvgIpc) is 3.97. The summed E-state index contributed by atoms with van der Waals surface area (Å²) >= 11 is 0. The molecule has 0 radical (unpaired) electrons. The summed E-state index contributed by atoms with van der Waals surface area (Å²) in [5.41, 5.74) is 20.4. The van der Waals surface area contributed by atoms with E-state index in [9.17, 15) is 29.1 Å². The number of nitrogens with two attached hydrogens (primary N) is 4. The molecule has 13 N–H and O–H groups in total. The number of nitrogens with zero attached hydrogens (tertiary/aromatic N) is 2. The van der Waals surface area contributed by atoms with E-state index in [1.165, 1.54) is 4.90 Å². The Morgan fingerprint density at radius 3 is 1.92 bits per heavy atom.